The lowest BCUT2D eigenvalue weighted by Crippen LogP contribution is -2.19. The Bertz CT molecular complexity index is 530. The predicted molar refractivity (Wildman–Crippen MR) is 73.9 cm³/mol. The summed E-state index contributed by atoms with van der Waals surface area (Å²) >= 11 is 0. The van der Waals surface area contributed by atoms with E-state index < -0.39 is 0 Å². The zero-order valence-electron chi connectivity index (χ0n) is 10.8. The zero-order chi connectivity index (χ0) is 12.4. The molecule has 0 saturated heterocycles. The maximum Gasteiger partial charge on any atom is 0.109 e. The first-order chi connectivity index (χ1) is 8.88. The van der Waals surface area contributed by atoms with E-state index in [4.69, 9.17) is 0 Å². The molecule has 1 aliphatic rings. The third-order valence-corrected chi connectivity index (χ3v) is 3.78. The Morgan fingerprint density at radius 3 is 3.17 bits per heavy atom. The van der Waals surface area contributed by atoms with E-state index in [9.17, 15) is 0 Å². The van der Waals surface area contributed by atoms with E-state index in [0.29, 0.717) is 5.92 Å². The van der Waals surface area contributed by atoms with Gasteiger partial charge in [-0.1, -0.05) is 18.2 Å². The summed E-state index contributed by atoms with van der Waals surface area (Å²) in [6.45, 7) is 4.23. The zero-order valence-corrected chi connectivity index (χ0v) is 10.8. The Balaban J connectivity index is 1.86. The van der Waals surface area contributed by atoms with Gasteiger partial charge in [-0.25, -0.2) is 4.98 Å². The molecular formula is C15H19N3. The molecule has 0 amide bonds. The van der Waals surface area contributed by atoms with Gasteiger partial charge in [-0.3, -0.25) is 0 Å². The third-order valence-electron chi connectivity index (χ3n) is 3.78. The lowest BCUT2D eigenvalue weighted by atomic mass is 9.88. The minimum atomic E-state index is 0.593. The second-order valence-corrected chi connectivity index (χ2v) is 4.83. The molecule has 1 aromatic carbocycles. The van der Waals surface area contributed by atoms with Gasteiger partial charge >= 0.3 is 0 Å². The number of para-hydroxylation sites is 1. The second-order valence-electron chi connectivity index (χ2n) is 4.83. The fraction of sp³-hybridized carbons (Fsp3) is 0.400. The number of nitrogens with one attached hydrogen (secondary N) is 1. The van der Waals surface area contributed by atoms with E-state index in [2.05, 4.69) is 52.3 Å². The molecule has 18 heavy (non-hydrogen) atoms. The van der Waals surface area contributed by atoms with Crippen molar-refractivity contribution in [3.8, 4) is 0 Å². The number of aryl methyl sites for hydroxylation is 1. The summed E-state index contributed by atoms with van der Waals surface area (Å²) in [5, 5.41) is 3.47. The largest absolute Gasteiger partial charge is 0.385 e. The summed E-state index contributed by atoms with van der Waals surface area (Å²) in [7, 11) is 0. The van der Waals surface area contributed by atoms with Crippen LogP contribution in [0, 0.1) is 0 Å². The van der Waals surface area contributed by atoms with Gasteiger partial charge in [-0.05, 0) is 30.9 Å². The number of benzene rings is 1. The standard InChI is InChI=1S/C15H19N3/c1-2-18-10-9-17-15(18)11-12-7-8-16-14-6-4-3-5-13(12)14/h3-6,9-10,12,16H,2,7-8,11H2,1H3. The molecule has 3 rings (SSSR count). The summed E-state index contributed by atoms with van der Waals surface area (Å²) in [4.78, 5) is 4.50. The van der Waals surface area contributed by atoms with Crippen molar-refractivity contribution in [2.45, 2.75) is 32.2 Å². The maximum absolute atomic E-state index is 4.50. The van der Waals surface area contributed by atoms with E-state index in [0.717, 1.165) is 19.5 Å². The van der Waals surface area contributed by atoms with Crippen LogP contribution in [0.5, 0.6) is 0 Å². The van der Waals surface area contributed by atoms with E-state index in [1.54, 1.807) is 0 Å². The second kappa shape index (κ2) is 4.84. The fourth-order valence-corrected chi connectivity index (χ4v) is 2.80. The number of rotatable bonds is 3. The molecular weight excluding hydrogens is 222 g/mol. The van der Waals surface area contributed by atoms with E-state index in [-0.39, 0.29) is 0 Å². The molecule has 0 spiro atoms. The van der Waals surface area contributed by atoms with Crippen LogP contribution in [0.2, 0.25) is 0 Å². The normalized spacial score (nSPS) is 18.2. The van der Waals surface area contributed by atoms with Crippen LogP contribution < -0.4 is 5.32 Å². The molecule has 1 aromatic heterocycles. The summed E-state index contributed by atoms with van der Waals surface area (Å²) < 4.78 is 2.24. The van der Waals surface area contributed by atoms with E-state index in [1.165, 1.54) is 23.5 Å². The topological polar surface area (TPSA) is 29.9 Å². The van der Waals surface area contributed by atoms with Crippen LogP contribution in [-0.2, 0) is 13.0 Å². The molecule has 1 aliphatic heterocycles. The molecule has 0 bridgehead atoms. The Kier molecular flexibility index (Phi) is 3.05. The van der Waals surface area contributed by atoms with Gasteiger partial charge in [0.25, 0.3) is 0 Å². The molecule has 1 atom stereocenters. The lowest BCUT2D eigenvalue weighted by Gasteiger charge is -2.26. The van der Waals surface area contributed by atoms with Crippen molar-refractivity contribution in [3.63, 3.8) is 0 Å². The average Bonchev–Trinajstić information content (AvgIpc) is 2.86. The number of hydrogen-bond acceptors (Lipinski definition) is 2. The number of nitrogens with zero attached hydrogens (tertiary/aromatic N) is 2. The van der Waals surface area contributed by atoms with Crippen LogP contribution in [0.4, 0.5) is 5.69 Å². The lowest BCUT2D eigenvalue weighted by molar-refractivity contribution is 0.578. The molecule has 2 heterocycles. The molecule has 3 nitrogen and oxygen atoms in total. The van der Waals surface area contributed by atoms with Gasteiger partial charge in [0.1, 0.15) is 5.82 Å². The highest BCUT2D eigenvalue weighted by Crippen LogP contribution is 2.33. The minimum Gasteiger partial charge on any atom is -0.385 e. The van der Waals surface area contributed by atoms with Crippen LogP contribution in [0.25, 0.3) is 0 Å². The van der Waals surface area contributed by atoms with Gasteiger partial charge in [0, 0.05) is 37.6 Å². The number of imidazole rings is 1. The molecule has 2 aromatic rings. The minimum absolute atomic E-state index is 0.593. The smallest absolute Gasteiger partial charge is 0.109 e. The van der Waals surface area contributed by atoms with Crippen molar-refractivity contribution in [1.29, 1.82) is 0 Å². The number of hydrogen-bond donors (Lipinski definition) is 1. The van der Waals surface area contributed by atoms with Crippen molar-refractivity contribution >= 4 is 5.69 Å². The van der Waals surface area contributed by atoms with Crippen molar-refractivity contribution in [2.24, 2.45) is 0 Å². The first-order valence-electron chi connectivity index (χ1n) is 6.71. The average molecular weight is 241 g/mol. The van der Waals surface area contributed by atoms with Crippen LogP contribution in [0.1, 0.15) is 30.7 Å². The third kappa shape index (κ3) is 2.01. The molecule has 0 aliphatic carbocycles. The van der Waals surface area contributed by atoms with Gasteiger partial charge in [-0.2, -0.15) is 0 Å². The number of fused-ring (bicyclic) bond motifs is 1. The van der Waals surface area contributed by atoms with Crippen molar-refractivity contribution in [3.05, 3.63) is 48.0 Å². The summed E-state index contributed by atoms with van der Waals surface area (Å²) in [6, 6.07) is 8.64. The molecule has 0 fully saturated rings. The van der Waals surface area contributed by atoms with Crippen LogP contribution in [0.3, 0.4) is 0 Å². The van der Waals surface area contributed by atoms with Gasteiger partial charge in [0.2, 0.25) is 0 Å². The summed E-state index contributed by atoms with van der Waals surface area (Å²) in [6.07, 6.45) is 6.21. The SMILES string of the molecule is CCn1ccnc1CC1CCNc2ccccc21. The highest BCUT2D eigenvalue weighted by atomic mass is 15.1. The molecule has 1 unspecified atom stereocenters. The monoisotopic (exact) mass is 241 g/mol. The van der Waals surface area contributed by atoms with Crippen molar-refractivity contribution in [1.82, 2.24) is 9.55 Å². The van der Waals surface area contributed by atoms with Crippen molar-refractivity contribution in [2.75, 3.05) is 11.9 Å². The summed E-state index contributed by atoms with van der Waals surface area (Å²) in [5.41, 5.74) is 2.73. The molecule has 0 saturated carbocycles. The number of anilines is 1. The van der Waals surface area contributed by atoms with Gasteiger partial charge in [0.05, 0.1) is 0 Å². The maximum atomic E-state index is 4.50. The quantitative estimate of drug-likeness (QED) is 0.895. The van der Waals surface area contributed by atoms with Crippen LogP contribution in [0.15, 0.2) is 36.7 Å². The van der Waals surface area contributed by atoms with Gasteiger partial charge in [-0.15, -0.1) is 0 Å². The number of aromatic nitrogens is 2. The molecule has 94 valence electrons. The molecule has 0 radical (unpaired) electrons. The summed E-state index contributed by atoms with van der Waals surface area (Å²) in [5.74, 6) is 1.80. The van der Waals surface area contributed by atoms with Gasteiger partial charge in [0.15, 0.2) is 0 Å². The van der Waals surface area contributed by atoms with E-state index >= 15 is 0 Å². The first-order valence-corrected chi connectivity index (χ1v) is 6.71. The fourth-order valence-electron chi connectivity index (χ4n) is 2.80. The van der Waals surface area contributed by atoms with Gasteiger partial charge < -0.3 is 9.88 Å². The van der Waals surface area contributed by atoms with Crippen LogP contribution >= 0.6 is 0 Å². The van der Waals surface area contributed by atoms with Crippen LogP contribution in [-0.4, -0.2) is 16.1 Å². The predicted octanol–water partition coefficient (Wildman–Crippen LogP) is 3.04. The Labute approximate surface area is 108 Å². The molecule has 1 N–H and O–H groups in total. The Hall–Kier alpha value is -1.77. The Morgan fingerprint density at radius 2 is 2.28 bits per heavy atom. The van der Waals surface area contributed by atoms with Crippen molar-refractivity contribution < 1.29 is 0 Å². The Morgan fingerprint density at radius 1 is 1.39 bits per heavy atom. The molecule has 3 heteroatoms. The first kappa shape index (κ1) is 11.3. The van der Waals surface area contributed by atoms with E-state index in [1.807, 2.05) is 6.20 Å². The highest BCUT2D eigenvalue weighted by Gasteiger charge is 2.21. The highest BCUT2D eigenvalue weighted by molar-refractivity contribution is 5.54.